The Morgan fingerprint density at radius 2 is 1.80 bits per heavy atom. The average molecular weight is 494 g/mol. The van der Waals surface area contributed by atoms with Crippen molar-refractivity contribution in [2.24, 2.45) is 7.05 Å². The summed E-state index contributed by atoms with van der Waals surface area (Å²) in [5, 5.41) is 4.18. The second-order valence-electron chi connectivity index (χ2n) is 7.95. The molecule has 0 spiro atoms. The molecule has 0 aliphatic carbocycles. The number of pyridine rings is 1. The Labute approximate surface area is 204 Å². The topological polar surface area (TPSA) is 80.8 Å². The minimum absolute atomic E-state index is 0.213. The van der Waals surface area contributed by atoms with Crippen molar-refractivity contribution < 1.29 is 8.78 Å². The quantitative estimate of drug-likeness (QED) is 0.312. The molecule has 0 aliphatic rings. The van der Waals surface area contributed by atoms with Crippen molar-refractivity contribution in [3.05, 3.63) is 78.8 Å². The number of halogens is 2. The van der Waals surface area contributed by atoms with Crippen molar-refractivity contribution in [3.8, 4) is 11.3 Å². The van der Waals surface area contributed by atoms with Crippen LogP contribution < -0.4 is 4.90 Å². The van der Waals surface area contributed by atoms with Crippen molar-refractivity contribution in [2.45, 2.75) is 6.54 Å². The molecular formula is C23H21F2N9S. The monoisotopic (exact) mass is 493 g/mol. The number of anilines is 2. The Hall–Kier alpha value is -3.90. The van der Waals surface area contributed by atoms with Gasteiger partial charge in [-0.1, -0.05) is 0 Å². The zero-order valence-corrected chi connectivity index (χ0v) is 20.0. The Balaban J connectivity index is 1.59. The van der Waals surface area contributed by atoms with E-state index in [0.29, 0.717) is 34.2 Å². The van der Waals surface area contributed by atoms with Crippen LogP contribution in [0.5, 0.6) is 0 Å². The highest BCUT2D eigenvalue weighted by Crippen LogP contribution is 2.29. The lowest BCUT2D eigenvalue weighted by atomic mass is 10.2. The van der Waals surface area contributed by atoms with Gasteiger partial charge >= 0.3 is 0 Å². The van der Waals surface area contributed by atoms with Crippen molar-refractivity contribution in [1.82, 2.24) is 38.0 Å². The third-order valence-electron chi connectivity index (χ3n) is 5.06. The Morgan fingerprint density at radius 1 is 1.00 bits per heavy atom. The fraction of sp³-hybridized carbons (Fsp3) is 0.174. The molecule has 35 heavy (non-hydrogen) atoms. The molecule has 5 rings (SSSR count). The molecule has 0 saturated heterocycles. The number of fused-ring (bicyclic) bond motifs is 1. The van der Waals surface area contributed by atoms with Gasteiger partial charge in [0, 0.05) is 55.1 Å². The van der Waals surface area contributed by atoms with E-state index in [9.17, 15) is 8.78 Å². The summed E-state index contributed by atoms with van der Waals surface area (Å²) in [4.78, 5) is 20.0. The summed E-state index contributed by atoms with van der Waals surface area (Å²) < 4.78 is 33.8. The number of rotatable bonds is 7. The van der Waals surface area contributed by atoms with E-state index >= 15 is 0 Å². The summed E-state index contributed by atoms with van der Waals surface area (Å²) in [5.74, 6) is -0.249. The summed E-state index contributed by atoms with van der Waals surface area (Å²) in [6.45, 7) is 0.213. The number of aromatic nitrogens is 7. The molecule has 0 unspecified atom stereocenters. The highest BCUT2D eigenvalue weighted by Gasteiger charge is 2.18. The molecule has 5 aromatic rings. The van der Waals surface area contributed by atoms with Gasteiger partial charge in [0.05, 0.1) is 24.6 Å². The van der Waals surface area contributed by atoms with Crippen molar-refractivity contribution in [1.29, 1.82) is 0 Å². The van der Waals surface area contributed by atoms with Gasteiger partial charge in [-0.3, -0.25) is 13.6 Å². The maximum atomic E-state index is 14.2. The van der Waals surface area contributed by atoms with Crippen LogP contribution in [0.2, 0.25) is 0 Å². The SMILES string of the molecule is CN(C)Sn1ccnc1CN(c1cc(F)cc(F)c1)c1ccc2ncc(-c3cnn(C)c3)nc2n1. The second kappa shape index (κ2) is 9.39. The summed E-state index contributed by atoms with van der Waals surface area (Å²) >= 11 is 1.44. The Kier molecular flexibility index (Phi) is 6.14. The van der Waals surface area contributed by atoms with Crippen molar-refractivity contribution >= 4 is 34.8 Å². The molecule has 1 aromatic carbocycles. The van der Waals surface area contributed by atoms with Crippen LogP contribution in [0.25, 0.3) is 22.4 Å². The van der Waals surface area contributed by atoms with Gasteiger partial charge in [-0.05, 0) is 38.4 Å². The molecule has 0 amide bonds. The standard InChI is InChI=1S/C23H21F2N9S/c1-31(2)35-34-7-6-26-22(34)14-33(18-9-16(24)8-17(25)10-18)21-5-4-19-23(30-21)29-20(12-27-19)15-11-28-32(3)13-15/h4-13H,14H2,1-3H3. The minimum Gasteiger partial charge on any atom is -0.318 e. The molecule has 0 fully saturated rings. The first-order valence-corrected chi connectivity index (χ1v) is 11.3. The van der Waals surface area contributed by atoms with Crippen LogP contribution in [-0.2, 0) is 13.6 Å². The number of hydrogen-bond donors (Lipinski definition) is 0. The zero-order chi connectivity index (χ0) is 24.5. The third-order valence-corrected chi connectivity index (χ3v) is 5.89. The first-order chi connectivity index (χ1) is 16.9. The number of nitrogens with zero attached hydrogens (tertiary/aromatic N) is 9. The van der Waals surface area contributed by atoms with Gasteiger partial charge in [0.1, 0.15) is 28.8 Å². The van der Waals surface area contributed by atoms with Crippen LogP contribution in [0.3, 0.4) is 0 Å². The number of imidazole rings is 1. The summed E-state index contributed by atoms with van der Waals surface area (Å²) in [6, 6.07) is 6.89. The van der Waals surface area contributed by atoms with Gasteiger partial charge in [0.15, 0.2) is 5.65 Å². The number of benzene rings is 1. The highest BCUT2D eigenvalue weighted by molar-refractivity contribution is 7.95. The maximum absolute atomic E-state index is 14.2. The molecule has 0 saturated carbocycles. The maximum Gasteiger partial charge on any atom is 0.180 e. The minimum atomic E-state index is -0.685. The summed E-state index contributed by atoms with van der Waals surface area (Å²) in [6.07, 6.45) is 8.70. The van der Waals surface area contributed by atoms with Crippen LogP contribution in [0.1, 0.15) is 5.82 Å². The molecule has 9 nitrogen and oxygen atoms in total. The van der Waals surface area contributed by atoms with Crippen LogP contribution >= 0.6 is 12.1 Å². The van der Waals surface area contributed by atoms with Gasteiger partial charge < -0.3 is 4.90 Å². The molecule has 0 bridgehead atoms. The van der Waals surface area contributed by atoms with E-state index in [4.69, 9.17) is 4.98 Å². The van der Waals surface area contributed by atoms with E-state index in [2.05, 4.69) is 20.1 Å². The molecule has 0 radical (unpaired) electrons. The largest absolute Gasteiger partial charge is 0.318 e. The first-order valence-electron chi connectivity index (χ1n) is 10.6. The van der Waals surface area contributed by atoms with Gasteiger partial charge in [0.25, 0.3) is 0 Å². The first kappa shape index (κ1) is 22.9. The smallest absolute Gasteiger partial charge is 0.180 e. The van der Waals surface area contributed by atoms with Crippen molar-refractivity contribution in [3.63, 3.8) is 0 Å². The predicted molar refractivity (Wildman–Crippen MR) is 131 cm³/mol. The van der Waals surface area contributed by atoms with Crippen LogP contribution in [-0.4, -0.2) is 52.1 Å². The lowest BCUT2D eigenvalue weighted by Gasteiger charge is -2.24. The molecule has 0 aliphatic heterocycles. The summed E-state index contributed by atoms with van der Waals surface area (Å²) in [7, 11) is 5.65. The van der Waals surface area contributed by atoms with Crippen molar-refractivity contribution in [2.75, 3.05) is 19.0 Å². The molecule has 12 heteroatoms. The van der Waals surface area contributed by atoms with E-state index in [1.54, 1.807) is 40.3 Å². The van der Waals surface area contributed by atoms with E-state index in [1.165, 1.54) is 24.3 Å². The Morgan fingerprint density at radius 3 is 2.51 bits per heavy atom. The molecule has 178 valence electrons. The molecule has 0 N–H and O–H groups in total. The molecule has 4 aromatic heterocycles. The van der Waals surface area contributed by atoms with E-state index in [-0.39, 0.29) is 6.54 Å². The second-order valence-corrected chi connectivity index (χ2v) is 9.23. The van der Waals surface area contributed by atoms with E-state index < -0.39 is 11.6 Å². The van der Waals surface area contributed by atoms with Crippen LogP contribution in [0.4, 0.5) is 20.3 Å². The van der Waals surface area contributed by atoms with Gasteiger partial charge in [-0.25, -0.2) is 28.0 Å². The fourth-order valence-electron chi connectivity index (χ4n) is 3.56. The summed E-state index contributed by atoms with van der Waals surface area (Å²) in [5.41, 5.74) is 2.72. The average Bonchev–Trinajstić information content (AvgIpc) is 3.44. The van der Waals surface area contributed by atoms with Gasteiger partial charge in [-0.2, -0.15) is 5.10 Å². The molecular weight excluding hydrogens is 472 g/mol. The molecule has 0 atom stereocenters. The number of aryl methyl sites for hydroxylation is 1. The Bertz CT molecular complexity index is 1480. The zero-order valence-electron chi connectivity index (χ0n) is 19.2. The van der Waals surface area contributed by atoms with Crippen LogP contribution in [0.15, 0.2) is 61.3 Å². The lowest BCUT2D eigenvalue weighted by molar-refractivity contribution is 0.582. The highest BCUT2D eigenvalue weighted by atomic mass is 32.2. The number of hydrogen-bond acceptors (Lipinski definition) is 8. The van der Waals surface area contributed by atoms with Gasteiger partial charge in [-0.15, -0.1) is 0 Å². The van der Waals surface area contributed by atoms with Gasteiger partial charge in [0.2, 0.25) is 0 Å². The van der Waals surface area contributed by atoms with E-state index in [1.807, 2.05) is 41.8 Å². The normalized spacial score (nSPS) is 11.5. The fourth-order valence-corrected chi connectivity index (χ4v) is 4.22. The lowest BCUT2D eigenvalue weighted by Crippen LogP contribution is -2.21. The predicted octanol–water partition coefficient (Wildman–Crippen LogP) is 4.21. The third kappa shape index (κ3) is 4.98. The molecule has 4 heterocycles. The van der Waals surface area contributed by atoms with Crippen LogP contribution in [0, 0.1) is 11.6 Å². The van der Waals surface area contributed by atoms with E-state index in [0.717, 1.165) is 11.6 Å².